The summed E-state index contributed by atoms with van der Waals surface area (Å²) in [6.45, 7) is 1.76. The number of amides is 2. The monoisotopic (exact) mass is 346 g/mol. The number of carbonyl (C=O) groups excluding carboxylic acids is 2. The summed E-state index contributed by atoms with van der Waals surface area (Å²) in [7, 11) is 0. The molecule has 0 heterocycles. The minimum atomic E-state index is -0.882. The van der Waals surface area contributed by atoms with E-state index in [0.29, 0.717) is 17.3 Å². The lowest BCUT2D eigenvalue weighted by Crippen LogP contribution is -2.42. The van der Waals surface area contributed by atoms with Crippen LogP contribution in [0.5, 0.6) is 0 Å². The number of carbonyl (C=O) groups is 2. The van der Waals surface area contributed by atoms with E-state index >= 15 is 0 Å². The van der Waals surface area contributed by atoms with Crippen LogP contribution in [0.1, 0.15) is 19.8 Å². The van der Waals surface area contributed by atoms with Crippen LogP contribution in [0.15, 0.2) is 22.7 Å². The third kappa shape index (κ3) is 4.90. The standard InChI is InChI=1S/C13H16BrFN2O3/c1-2-9(5-6-18)16-12(19)13(20)17-11-7-8(15)3-4-10(11)14/h3-4,7,9,18H,2,5-6H2,1H3,(H,16,19)(H,17,20). The molecule has 1 unspecified atom stereocenters. The van der Waals surface area contributed by atoms with Crippen LogP contribution in [0.2, 0.25) is 0 Å². The molecule has 20 heavy (non-hydrogen) atoms. The molecule has 0 spiro atoms. The van der Waals surface area contributed by atoms with Gasteiger partial charge in [0.2, 0.25) is 0 Å². The highest BCUT2D eigenvalue weighted by molar-refractivity contribution is 9.10. The fourth-order valence-electron chi connectivity index (χ4n) is 1.56. The van der Waals surface area contributed by atoms with Gasteiger partial charge < -0.3 is 15.7 Å². The molecule has 110 valence electrons. The summed E-state index contributed by atoms with van der Waals surface area (Å²) in [5, 5.41) is 13.6. The van der Waals surface area contributed by atoms with Gasteiger partial charge in [-0.3, -0.25) is 9.59 Å². The SMILES string of the molecule is CCC(CCO)NC(=O)C(=O)Nc1cc(F)ccc1Br. The summed E-state index contributed by atoms with van der Waals surface area (Å²) in [6.07, 6.45) is 0.975. The minimum absolute atomic E-state index is 0.0736. The number of aliphatic hydroxyl groups excluding tert-OH is 1. The number of hydrogen-bond acceptors (Lipinski definition) is 3. The van der Waals surface area contributed by atoms with E-state index in [0.717, 1.165) is 6.07 Å². The molecule has 0 bridgehead atoms. The van der Waals surface area contributed by atoms with E-state index in [1.807, 2.05) is 6.92 Å². The third-order valence-corrected chi connectivity index (χ3v) is 3.38. The second-order valence-electron chi connectivity index (χ2n) is 4.17. The van der Waals surface area contributed by atoms with E-state index < -0.39 is 17.6 Å². The Bertz CT molecular complexity index is 497. The Morgan fingerprint density at radius 2 is 2.10 bits per heavy atom. The molecule has 0 fully saturated rings. The zero-order chi connectivity index (χ0) is 15.1. The van der Waals surface area contributed by atoms with Crippen molar-refractivity contribution in [3.8, 4) is 0 Å². The predicted molar refractivity (Wildman–Crippen MR) is 76.7 cm³/mol. The molecule has 0 aromatic heterocycles. The Kier molecular flexibility index (Phi) is 6.60. The molecule has 0 aliphatic heterocycles. The molecule has 0 aliphatic rings. The van der Waals surface area contributed by atoms with Crippen LogP contribution in [-0.2, 0) is 9.59 Å². The number of halogens is 2. The Morgan fingerprint density at radius 1 is 1.40 bits per heavy atom. The van der Waals surface area contributed by atoms with Crippen LogP contribution in [0, 0.1) is 5.82 Å². The van der Waals surface area contributed by atoms with Gasteiger partial charge in [-0.2, -0.15) is 0 Å². The zero-order valence-electron chi connectivity index (χ0n) is 11.0. The van der Waals surface area contributed by atoms with Gasteiger partial charge in [0.1, 0.15) is 5.82 Å². The highest BCUT2D eigenvalue weighted by Gasteiger charge is 2.18. The maximum Gasteiger partial charge on any atom is 0.313 e. The van der Waals surface area contributed by atoms with Crippen molar-refractivity contribution in [3.63, 3.8) is 0 Å². The largest absolute Gasteiger partial charge is 0.396 e. The molecular formula is C13H16BrFN2O3. The summed E-state index contributed by atoms with van der Waals surface area (Å²) in [6, 6.07) is 3.51. The molecule has 7 heteroatoms. The van der Waals surface area contributed by atoms with Gasteiger partial charge in [-0.15, -0.1) is 0 Å². The van der Waals surface area contributed by atoms with Crippen molar-refractivity contribution in [1.82, 2.24) is 5.32 Å². The van der Waals surface area contributed by atoms with Crippen molar-refractivity contribution < 1.29 is 19.1 Å². The first-order valence-corrected chi connectivity index (χ1v) is 6.95. The first-order valence-electron chi connectivity index (χ1n) is 6.15. The molecule has 3 N–H and O–H groups in total. The highest BCUT2D eigenvalue weighted by Crippen LogP contribution is 2.22. The molecule has 1 aromatic carbocycles. The zero-order valence-corrected chi connectivity index (χ0v) is 12.5. The van der Waals surface area contributed by atoms with Gasteiger partial charge >= 0.3 is 11.8 Å². The van der Waals surface area contributed by atoms with Crippen LogP contribution in [0.3, 0.4) is 0 Å². The summed E-state index contributed by atoms with van der Waals surface area (Å²) >= 11 is 3.15. The van der Waals surface area contributed by atoms with Gasteiger partial charge in [-0.25, -0.2) is 4.39 Å². The van der Waals surface area contributed by atoms with Crippen LogP contribution in [-0.4, -0.2) is 29.6 Å². The lowest BCUT2D eigenvalue weighted by molar-refractivity contribution is -0.136. The Hall–Kier alpha value is -1.47. The average molecular weight is 347 g/mol. The quantitative estimate of drug-likeness (QED) is 0.711. The molecule has 1 rings (SSSR count). The fraction of sp³-hybridized carbons (Fsp3) is 0.385. The molecule has 1 atom stereocenters. The predicted octanol–water partition coefficient (Wildman–Crippen LogP) is 1.80. The molecule has 0 radical (unpaired) electrons. The molecule has 5 nitrogen and oxygen atoms in total. The van der Waals surface area contributed by atoms with E-state index in [1.165, 1.54) is 12.1 Å². The van der Waals surface area contributed by atoms with Crippen molar-refractivity contribution in [2.45, 2.75) is 25.8 Å². The smallest absolute Gasteiger partial charge is 0.313 e. The fourth-order valence-corrected chi connectivity index (χ4v) is 1.90. The molecule has 2 amide bonds. The minimum Gasteiger partial charge on any atom is -0.396 e. The Balaban J connectivity index is 2.66. The number of aliphatic hydroxyl groups is 1. The van der Waals surface area contributed by atoms with Gasteiger partial charge in [0, 0.05) is 17.1 Å². The van der Waals surface area contributed by atoms with Gasteiger partial charge in [0.05, 0.1) is 5.69 Å². The summed E-state index contributed by atoms with van der Waals surface area (Å²) in [5.41, 5.74) is 0.181. The van der Waals surface area contributed by atoms with E-state index in [4.69, 9.17) is 5.11 Å². The topological polar surface area (TPSA) is 78.4 Å². The molecule has 0 aliphatic carbocycles. The van der Waals surface area contributed by atoms with E-state index in [1.54, 1.807) is 0 Å². The van der Waals surface area contributed by atoms with Gasteiger partial charge in [-0.1, -0.05) is 6.92 Å². The number of nitrogens with one attached hydrogen (secondary N) is 2. The molecule has 0 saturated heterocycles. The van der Waals surface area contributed by atoms with E-state index in [2.05, 4.69) is 26.6 Å². The molecule has 0 saturated carbocycles. The van der Waals surface area contributed by atoms with Crippen LogP contribution in [0.4, 0.5) is 10.1 Å². The third-order valence-electron chi connectivity index (χ3n) is 2.69. The van der Waals surface area contributed by atoms with Crippen molar-refractivity contribution in [2.75, 3.05) is 11.9 Å². The summed E-state index contributed by atoms with van der Waals surface area (Å²) < 4.78 is 13.5. The maximum atomic E-state index is 13.1. The highest BCUT2D eigenvalue weighted by atomic mass is 79.9. The van der Waals surface area contributed by atoms with Crippen LogP contribution in [0.25, 0.3) is 0 Å². The van der Waals surface area contributed by atoms with E-state index in [-0.39, 0.29) is 18.3 Å². The lowest BCUT2D eigenvalue weighted by atomic mass is 10.1. The second-order valence-corrected chi connectivity index (χ2v) is 5.02. The second kappa shape index (κ2) is 7.96. The van der Waals surface area contributed by atoms with Gasteiger partial charge in [0.15, 0.2) is 0 Å². The summed E-state index contributed by atoms with van der Waals surface area (Å²) in [4.78, 5) is 23.4. The normalized spacial score (nSPS) is 11.8. The summed E-state index contributed by atoms with van der Waals surface area (Å²) in [5.74, 6) is -2.22. The molecule has 1 aromatic rings. The van der Waals surface area contributed by atoms with Crippen LogP contribution >= 0.6 is 15.9 Å². The first-order chi connectivity index (χ1) is 9.47. The van der Waals surface area contributed by atoms with Crippen molar-refractivity contribution in [3.05, 3.63) is 28.5 Å². The van der Waals surface area contributed by atoms with Gasteiger partial charge in [0.25, 0.3) is 0 Å². The Labute approximate surface area is 124 Å². The number of anilines is 1. The maximum absolute atomic E-state index is 13.1. The lowest BCUT2D eigenvalue weighted by Gasteiger charge is -2.15. The van der Waals surface area contributed by atoms with Gasteiger partial charge in [-0.05, 0) is 47.0 Å². The number of benzene rings is 1. The van der Waals surface area contributed by atoms with Crippen molar-refractivity contribution >= 4 is 33.4 Å². The average Bonchev–Trinajstić information content (AvgIpc) is 2.42. The first kappa shape index (κ1) is 16.6. The Morgan fingerprint density at radius 3 is 2.70 bits per heavy atom. The number of rotatable bonds is 5. The van der Waals surface area contributed by atoms with Crippen molar-refractivity contribution in [2.24, 2.45) is 0 Å². The van der Waals surface area contributed by atoms with Crippen molar-refractivity contribution in [1.29, 1.82) is 0 Å². The number of hydrogen-bond donors (Lipinski definition) is 3. The van der Waals surface area contributed by atoms with E-state index in [9.17, 15) is 14.0 Å². The van der Waals surface area contributed by atoms with Crippen LogP contribution < -0.4 is 10.6 Å². The molecular weight excluding hydrogens is 331 g/mol.